The van der Waals surface area contributed by atoms with Crippen LogP contribution in [0.3, 0.4) is 0 Å². The third-order valence-electron chi connectivity index (χ3n) is 4.27. The Morgan fingerprint density at radius 3 is 2.65 bits per heavy atom. The van der Waals surface area contributed by atoms with Gasteiger partial charge >= 0.3 is 11.9 Å². The van der Waals surface area contributed by atoms with Crippen molar-refractivity contribution in [3.8, 4) is 6.07 Å². The molecule has 26 heavy (non-hydrogen) atoms. The minimum atomic E-state index is -3.99. The van der Waals surface area contributed by atoms with Crippen LogP contribution in [0.1, 0.15) is 27.9 Å². The average molecular weight is 355 g/mol. The highest BCUT2D eigenvalue weighted by molar-refractivity contribution is 5.85. The summed E-state index contributed by atoms with van der Waals surface area (Å²) in [4.78, 5) is 10.9. The van der Waals surface area contributed by atoms with E-state index < -0.39 is 17.5 Å². The van der Waals surface area contributed by atoms with Gasteiger partial charge in [0.2, 0.25) is 0 Å². The molecular formula is C19H15F2N3O2. The molecule has 0 fully saturated rings. The molecule has 0 spiro atoms. The molecule has 0 bridgehead atoms. The Hall–Kier alpha value is -3.27. The maximum atomic E-state index is 13.9. The Morgan fingerprint density at radius 1 is 1.27 bits per heavy atom. The molecule has 0 radical (unpaired) electrons. The molecule has 1 N–H and O–H groups in total. The van der Waals surface area contributed by atoms with Crippen LogP contribution in [0, 0.1) is 25.2 Å². The maximum Gasteiger partial charge on any atom is 0.379 e. The Morgan fingerprint density at radius 2 is 2.00 bits per heavy atom. The predicted octanol–water partition coefficient (Wildman–Crippen LogP) is 3.75. The van der Waals surface area contributed by atoms with Gasteiger partial charge < -0.3 is 5.11 Å². The molecule has 3 aromatic rings. The van der Waals surface area contributed by atoms with E-state index >= 15 is 0 Å². The van der Waals surface area contributed by atoms with Crippen LogP contribution in [0.4, 0.5) is 8.78 Å². The van der Waals surface area contributed by atoms with Crippen LogP contribution in [0.2, 0.25) is 0 Å². The lowest BCUT2D eigenvalue weighted by Crippen LogP contribution is -2.25. The van der Waals surface area contributed by atoms with Crippen LogP contribution >= 0.6 is 0 Å². The van der Waals surface area contributed by atoms with Gasteiger partial charge in [-0.2, -0.15) is 19.1 Å². The van der Waals surface area contributed by atoms with Gasteiger partial charge in [0.1, 0.15) is 0 Å². The summed E-state index contributed by atoms with van der Waals surface area (Å²) in [5.74, 6) is -6.19. The van der Waals surface area contributed by atoms with E-state index in [-0.39, 0.29) is 6.54 Å². The summed E-state index contributed by atoms with van der Waals surface area (Å²) in [5, 5.41) is 23.1. The number of hydrogen-bond acceptors (Lipinski definition) is 3. The Bertz CT molecular complexity index is 1060. The zero-order valence-electron chi connectivity index (χ0n) is 14.1. The van der Waals surface area contributed by atoms with Gasteiger partial charge in [-0.15, -0.1) is 0 Å². The van der Waals surface area contributed by atoms with Gasteiger partial charge in [0, 0.05) is 10.9 Å². The number of aromatic nitrogens is 2. The number of fused-ring (bicyclic) bond motifs is 1. The predicted molar refractivity (Wildman–Crippen MR) is 91.0 cm³/mol. The van der Waals surface area contributed by atoms with E-state index in [0.717, 1.165) is 17.7 Å². The van der Waals surface area contributed by atoms with Crippen LogP contribution in [0.25, 0.3) is 10.9 Å². The van der Waals surface area contributed by atoms with Crippen molar-refractivity contribution in [3.63, 3.8) is 0 Å². The van der Waals surface area contributed by atoms with E-state index in [4.69, 9.17) is 5.11 Å². The highest BCUT2D eigenvalue weighted by atomic mass is 19.3. The minimum Gasteiger partial charge on any atom is -0.477 e. The highest BCUT2D eigenvalue weighted by Gasteiger charge is 2.41. The summed E-state index contributed by atoms with van der Waals surface area (Å²) < 4.78 is 29.3. The number of carboxylic acids is 1. The summed E-state index contributed by atoms with van der Waals surface area (Å²) >= 11 is 0. The van der Waals surface area contributed by atoms with Crippen LogP contribution < -0.4 is 0 Å². The number of nitrogens with zero attached hydrogens (tertiary/aromatic N) is 3. The third kappa shape index (κ3) is 2.90. The summed E-state index contributed by atoms with van der Waals surface area (Å²) in [7, 11) is 0. The quantitative estimate of drug-likeness (QED) is 0.773. The molecule has 0 aliphatic rings. The maximum absolute atomic E-state index is 13.9. The van der Waals surface area contributed by atoms with Crippen molar-refractivity contribution in [2.75, 3.05) is 0 Å². The SMILES string of the molecule is Cc1ccc(C#N)c(Cn2nc(C)c3ccc(C(F)(F)C(=O)O)cc32)c1. The molecule has 0 unspecified atom stereocenters. The first kappa shape index (κ1) is 17.5. The molecule has 0 aliphatic heterocycles. The topological polar surface area (TPSA) is 78.9 Å². The second kappa shape index (κ2) is 6.23. The monoisotopic (exact) mass is 355 g/mol. The fourth-order valence-corrected chi connectivity index (χ4v) is 2.90. The Kier molecular flexibility index (Phi) is 4.20. The van der Waals surface area contributed by atoms with Crippen LogP contribution in [-0.4, -0.2) is 20.9 Å². The second-order valence-corrected chi connectivity index (χ2v) is 6.13. The molecule has 1 heterocycles. The summed E-state index contributed by atoms with van der Waals surface area (Å²) in [6.07, 6.45) is 0. The molecule has 132 valence electrons. The first-order valence-corrected chi connectivity index (χ1v) is 7.82. The van der Waals surface area contributed by atoms with Crippen LogP contribution in [0.5, 0.6) is 0 Å². The summed E-state index contributed by atoms with van der Waals surface area (Å²) in [6.45, 7) is 3.86. The molecule has 2 aromatic carbocycles. The molecule has 3 rings (SSSR count). The molecule has 0 saturated carbocycles. The molecule has 7 heteroatoms. The van der Waals surface area contributed by atoms with Crippen LogP contribution in [-0.2, 0) is 17.3 Å². The average Bonchev–Trinajstić information content (AvgIpc) is 2.90. The lowest BCUT2D eigenvalue weighted by Gasteiger charge is -2.12. The van der Waals surface area contributed by atoms with Crippen LogP contribution in [0.15, 0.2) is 36.4 Å². The van der Waals surface area contributed by atoms with Crippen molar-refractivity contribution >= 4 is 16.9 Å². The van der Waals surface area contributed by atoms with Gasteiger partial charge in [-0.05, 0) is 31.5 Å². The Balaban J connectivity index is 2.14. The van der Waals surface area contributed by atoms with Crippen molar-refractivity contribution < 1.29 is 18.7 Å². The fraction of sp³-hybridized carbons (Fsp3) is 0.211. The Labute approximate surface area is 148 Å². The number of benzene rings is 2. The van der Waals surface area contributed by atoms with Gasteiger partial charge in [-0.25, -0.2) is 4.79 Å². The fourth-order valence-electron chi connectivity index (χ4n) is 2.90. The van der Waals surface area contributed by atoms with Crippen molar-refractivity contribution in [2.45, 2.75) is 26.3 Å². The van der Waals surface area contributed by atoms with Crippen molar-refractivity contribution in [1.82, 2.24) is 9.78 Å². The van der Waals surface area contributed by atoms with Gasteiger partial charge in [-0.1, -0.05) is 29.8 Å². The van der Waals surface area contributed by atoms with Gasteiger partial charge in [0.15, 0.2) is 0 Å². The number of rotatable bonds is 4. The lowest BCUT2D eigenvalue weighted by atomic mass is 10.0. The molecule has 5 nitrogen and oxygen atoms in total. The smallest absolute Gasteiger partial charge is 0.379 e. The van der Waals surface area contributed by atoms with E-state index in [2.05, 4.69) is 11.2 Å². The number of hydrogen-bond donors (Lipinski definition) is 1. The van der Waals surface area contributed by atoms with Gasteiger partial charge in [0.25, 0.3) is 0 Å². The van der Waals surface area contributed by atoms with Crippen molar-refractivity contribution in [1.29, 1.82) is 5.26 Å². The first-order chi connectivity index (χ1) is 12.2. The molecular weight excluding hydrogens is 340 g/mol. The normalized spacial score (nSPS) is 11.5. The van der Waals surface area contributed by atoms with E-state index in [1.54, 1.807) is 13.0 Å². The first-order valence-electron chi connectivity index (χ1n) is 7.82. The van der Waals surface area contributed by atoms with Gasteiger partial charge in [0.05, 0.1) is 29.4 Å². The lowest BCUT2D eigenvalue weighted by molar-refractivity contribution is -0.166. The third-order valence-corrected chi connectivity index (χ3v) is 4.27. The number of carboxylic acid groups (broad SMARTS) is 1. The zero-order chi connectivity index (χ0) is 19.1. The molecule has 0 saturated heterocycles. The van der Waals surface area contributed by atoms with Crippen molar-refractivity contribution in [2.24, 2.45) is 0 Å². The summed E-state index contributed by atoms with van der Waals surface area (Å²) in [5.41, 5.74) is 2.58. The molecule has 0 aliphatic carbocycles. The molecule has 0 amide bonds. The zero-order valence-corrected chi connectivity index (χ0v) is 14.1. The number of aliphatic carboxylic acids is 1. The van der Waals surface area contributed by atoms with E-state index in [9.17, 15) is 18.8 Å². The second-order valence-electron chi connectivity index (χ2n) is 6.13. The molecule has 1 aromatic heterocycles. The standard InChI is InChI=1S/C19H15F2N3O2/c1-11-3-4-13(9-22)14(7-11)10-24-17-8-15(19(20,21)18(25)26)5-6-16(17)12(2)23-24/h3-8H,10H2,1-2H3,(H,25,26). The van der Waals surface area contributed by atoms with Gasteiger partial charge in [-0.3, -0.25) is 4.68 Å². The molecule has 0 atom stereocenters. The number of alkyl halides is 2. The number of carbonyl (C=O) groups is 1. The van der Waals surface area contributed by atoms with E-state index in [1.165, 1.54) is 10.7 Å². The largest absolute Gasteiger partial charge is 0.477 e. The number of nitriles is 1. The van der Waals surface area contributed by atoms with Crippen molar-refractivity contribution in [3.05, 3.63) is 64.3 Å². The van der Waals surface area contributed by atoms with E-state index in [1.807, 2.05) is 19.1 Å². The minimum absolute atomic E-state index is 0.219. The van der Waals surface area contributed by atoms with E-state index in [0.29, 0.717) is 27.7 Å². The highest BCUT2D eigenvalue weighted by Crippen LogP contribution is 2.31. The summed E-state index contributed by atoms with van der Waals surface area (Å²) in [6, 6.07) is 11.2. The number of halogens is 2. The number of aryl methyl sites for hydroxylation is 2.